The Balaban J connectivity index is 2.24. The number of nitrogens with one attached hydrogen (secondary N) is 1. The summed E-state index contributed by atoms with van der Waals surface area (Å²) in [5.41, 5.74) is 3.32. The summed E-state index contributed by atoms with van der Waals surface area (Å²) < 4.78 is 15.5. The second-order valence-corrected chi connectivity index (χ2v) is 6.46. The number of benzene rings is 2. The van der Waals surface area contributed by atoms with Crippen molar-refractivity contribution in [3.05, 3.63) is 61.8 Å². The lowest BCUT2D eigenvalue weighted by Gasteiger charge is -2.08. The van der Waals surface area contributed by atoms with E-state index in [1.807, 2.05) is 13.0 Å². The summed E-state index contributed by atoms with van der Waals surface area (Å²) >= 11 is 6.92. The lowest BCUT2D eigenvalue weighted by molar-refractivity contribution is -0.110. The fourth-order valence-electron chi connectivity index (χ4n) is 2.36. The van der Waals surface area contributed by atoms with Crippen molar-refractivity contribution in [3.8, 4) is 0 Å². The van der Waals surface area contributed by atoms with Crippen LogP contribution in [0.3, 0.4) is 0 Å². The molecule has 3 rings (SSSR count). The number of anilines is 1. The van der Waals surface area contributed by atoms with Crippen LogP contribution >= 0.6 is 31.9 Å². The molecule has 1 aliphatic rings. The third-order valence-corrected chi connectivity index (χ3v) is 4.88. The van der Waals surface area contributed by atoms with E-state index in [-0.39, 0.29) is 11.7 Å². The van der Waals surface area contributed by atoms with Crippen molar-refractivity contribution in [1.29, 1.82) is 0 Å². The maximum Gasteiger partial charge on any atom is 0.256 e. The first kappa shape index (κ1) is 14.5. The average molecular weight is 411 g/mol. The summed E-state index contributed by atoms with van der Waals surface area (Å²) in [4.78, 5) is 12.2. The quantitative estimate of drug-likeness (QED) is 0.647. The molecule has 2 aromatic rings. The van der Waals surface area contributed by atoms with Crippen molar-refractivity contribution in [1.82, 2.24) is 0 Å². The van der Waals surface area contributed by atoms with Crippen molar-refractivity contribution in [2.45, 2.75) is 6.92 Å². The molecule has 1 aliphatic heterocycles. The summed E-state index contributed by atoms with van der Waals surface area (Å²) in [5.74, 6) is -0.576. The Kier molecular flexibility index (Phi) is 3.71. The first-order valence-electron chi connectivity index (χ1n) is 6.25. The van der Waals surface area contributed by atoms with Gasteiger partial charge in [0, 0.05) is 20.1 Å². The summed E-state index contributed by atoms with van der Waals surface area (Å²) in [5, 5.41) is 2.83. The van der Waals surface area contributed by atoms with Crippen LogP contribution in [0.15, 0.2) is 39.3 Å². The zero-order valence-electron chi connectivity index (χ0n) is 11.0. The molecule has 1 N–H and O–H groups in total. The molecule has 2 nitrogen and oxygen atoms in total. The molecule has 0 fully saturated rings. The molecule has 0 saturated carbocycles. The van der Waals surface area contributed by atoms with Gasteiger partial charge in [0.05, 0.1) is 11.3 Å². The van der Waals surface area contributed by atoms with Crippen LogP contribution in [-0.2, 0) is 4.79 Å². The molecule has 0 atom stereocenters. The van der Waals surface area contributed by atoms with Crippen LogP contribution in [0.25, 0.3) is 11.6 Å². The summed E-state index contributed by atoms with van der Waals surface area (Å²) in [6.07, 6.45) is 1.59. The fraction of sp³-hybridized carbons (Fsp3) is 0.0625. The van der Waals surface area contributed by atoms with Gasteiger partial charge in [0.2, 0.25) is 0 Å². The van der Waals surface area contributed by atoms with Crippen molar-refractivity contribution in [2.75, 3.05) is 5.32 Å². The van der Waals surface area contributed by atoms with Gasteiger partial charge in [-0.2, -0.15) is 0 Å². The van der Waals surface area contributed by atoms with E-state index in [2.05, 4.69) is 37.2 Å². The standard InChI is InChI=1S/C16H10Br2FNO/c1-8-11(17)7-12(18)15-14(8)10(16(21)20-15)6-9-4-2-3-5-13(9)19/h2-7H,1H3,(H,20,21). The number of amides is 1. The average Bonchev–Trinajstić information content (AvgIpc) is 2.77. The molecule has 106 valence electrons. The van der Waals surface area contributed by atoms with Gasteiger partial charge in [0.15, 0.2) is 0 Å². The maximum atomic E-state index is 13.8. The van der Waals surface area contributed by atoms with E-state index in [4.69, 9.17) is 0 Å². The highest BCUT2D eigenvalue weighted by Gasteiger charge is 2.29. The molecule has 1 amide bonds. The van der Waals surface area contributed by atoms with Gasteiger partial charge < -0.3 is 5.32 Å². The SMILES string of the molecule is Cc1c(Br)cc(Br)c2c1C(=Cc1ccccc1F)C(=O)N2. The van der Waals surface area contributed by atoms with Gasteiger partial charge >= 0.3 is 0 Å². The third kappa shape index (κ3) is 2.45. The molecule has 21 heavy (non-hydrogen) atoms. The van der Waals surface area contributed by atoms with Crippen LogP contribution in [0, 0.1) is 12.7 Å². The van der Waals surface area contributed by atoms with Crippen LogP contribution in [0.4, 0.5) is 10.1 Å². The minimum Gasteiger partial charge on any atom is -0.320 e. The van der Waals surface area contributed by atoms with E-state index < -0.39 is 0 Å². The van der Waals surface area contributed by atoms with Crippen LogP contribution in [0.2, 0.25) is 0 Å². The van der Waals surface area contributed by atoms with E-state index in [0.29, 0.717) is 11.1 Å². The number of halogens is 3. The Hall–Kier alpha value is -1.46. The van der Waals surface area contributed by atoms with E-state index >= 15 is 0 Å². The normalized spacial score (nSPS) is 15.2. The number of hydrogen-bond donors (Lipinski definition) is 1. The predicted molar refractivity (Wildman–Crippen MR) is 89.5 cm³/mol. The van der Waals surface area contributed by atoms with Crippen molar-refractivity contribution >= 4 is 55.1 Å². The summed E-state index contributed by atoms with van der Waals surface area (Å²) in [7, 11) is 0. The minimum absolute atomic E-state index is 0.227. The molecule has 0 saturated heterocycles. The van der Waals surface area contributed by atoms with Gasteiger partial charge in [-0.15, -0.1) is 0 Å². The second kappa shape index (κ2) is 5.39. The Morgan fingerprint density at radius 2 is 1.90 bits per heavy atom. The minimum atomic E-state index is -0.349. The number of carbonyl (C=O) groups excluding carboxylic acids is 1. The van der Waals surface area contributed by atoms with Crippen LogP contribution in [0.1, 0.15) is 16.7 Å². The van der Waals surface area contributed by atoms with Gasteiger partial charge in [-0.25, -0.2) is 4.39 Å². The number of carbonyl (C=O) groups is 1. The summed E-state index contributed by atoms with van der Waals surface area (Å²) in [6, 6.07) is 8.28. The largest absolute Gasteiger partial charge is 0.320 e. The molecule has 0 unspecified atom stereocenters. The van der Waals surface area contributed by atoms with E-state index in [0.717, 1.165) is 25.8 Å². The lowest BCUT2D eigenvalue weighted by atomic mass is 9.99. The second-order valence-electron chi connectivity index (χ2n) is 4.75. The molecular weight excluding hydrogens is 401 g/mol. The number of fused-ring (bicyclic) bond motifs is 1. The van der Waals surface area contributed by atoms with E-state index in [1.165, 1.54) is 6.07 Å². The third-order valence-electron chi connectivity index (χ3n) is 3.43. The van der Waals surface area contributed by atoms with Crippen molar-refractivity contribution in [2.24, 2.45) is 0 Å². The molecular formula is C16H10Br2FNO. The Morgan fingerprint density at radius 3 is 2.62 bits per heavy atom. The Morgan fingerprint density at radius 1 is 1.19 bits per heavy atom. The van der Waals surface area contributed by atoms with E-state index in [1.54, 1.807) is 24.3 Å². The molecule has 0 spiro atoms. The predicted octanol–water partition coefficient (Wildman–Crippen LogP) is 5.15. The highest BCUT2D eigenvalue weighted by molar-refractivity contribution is 9.11. The highest BCUT2D eigenvalue weighted by atomic mass is 79.9. The summed E-state index contributed by atoms with van der Waals surface area (Å²) in [6.45, 7) is 1.92. The van der Waals surface area contributed by atoms with E-state index in [9.17, 15) is 9.18 Å². The van der Waals surface area contributed by atoms with Gasteiger partial charge in [-0.1, -0.05) is 34.1 Å². The molecule has 0 aliphatic carbocycles. The monoisotopic (exact) mass is 409 g/mol. The van der Waals surface area contributed by atoms with Crippen molar-refractivity contribution in [3.63, 3.8) is 0 Å². The van der Waals surface area contributed by atoms with Crippen molar-refractivity contribution < 1.29 is 9.18 Å². The Bertz CT molecular complexity index is 799. The molecule has 0 radical (unpaired) electrons. The van der Waals surface area contributed by atoms with Gasteiger partial charge in [-0.05, 0) is 46.6 Å². The fourth-order valence-corrected chi connectivity index (χ4v) is 3.62. The van der Waals surface area contributed by atoms with Gasteiger partial charge in [0.1, 0.15) is 5.82 Å². The van der Waals surface area contributed by atoms with Crippen LogP contribution in [0.5, 0.6) is 0 Å². The molecule has 2 aromatic carbocycles. The maximum absolute atomic E-state index is 13.8. The topological polar surface area (TPSA) is 29.1 Å². The number of rotatable bonds is 1. The lowest BCUT2D eigenvalue weighted by Crippen LogP contribution is -2.04. The van der Waals surface area contributed by atoms with Gasteiger partial charge in [0.25, 0.3) is 5.91 Å². The van der Waals surface area contributed by atoms with Crippen LogP contribution < -0.4 is 5.32 Å². The molecule has 0 aromatic heterocycles. The zero-order valence-corrected chi connectivity index (χ0v) is 14.2. The van der Waals surface area contributed by atoms with Gasteiger partial charge in [-0.3, -0.25) is 4.79 Å². The molecule has 0 bridgehead atoms. The number of hydrogen-bond acceptors (Lipinski definition) is 1. The smallest absolute Gasteiger partial charge is 0.256 e. The first-order chi connectivity index (χ1) is 9.99. The van der Waals surface area contributed by atoms with Crippen LogP contribution in [-0.4, -0.2) is 5.91 Å². The molecule has 1 heterocycles. The first-order valence-corrected chi connectivity index (χ1v) is 7.84. The zero-order chi connectivity index (χ0) is 15.1. The highest BCUT2D eigenvalue weighted by Crippen LogP contribution is 2.43. The molecule has 5 heteroatoms. The Labute approximate surface area is 138 Å².